The first kappa shape index (κ1) is 18.9. The summed E-state index contributed by atoms with van der Waals surface area (Å²) in [6.07, 6.45) is 1.77. The molecule has 144 valence electrons. The number of sulfonamides is 1. The molecule has 10 heteroatoms. The molecule has 9 nitrogen and oxygen atoms in total. The van der Waals surface area contributed by atoms with E-state index in [9.17, 15) is 18.0 Å². The summed E-state index contributed by atoms with van der Waals surface area (Å²) in [6.45, 7) is 2.36. The molecule has 1 aromatic heterocycles. The summed E-state index contributed by atoms with van der Waals surface area (Å²) in [5, 5.41) is 11.4. The van der Waals surface area contributed by atoms with Crippen LogP contribution in [0.1, 0.15) is 29.8 Å². The van der Waals surface area contributed by atoms with Gasteiger partial charge in [-0.1, -0.05) is 0 Å². The van der Waals surface area contributed by atoms with Crippen LogP contribution in [0.15, 0.2) is 21.6 Å². The molecule has 2 saturated heterocycles. The molecule has 2 aliphatic heterocycles. The minimum Gasteiger partial charge on any atom is -0.475 e. The Kier molecular flexibility index (Phi) is 5.64. The molecule has 3 heterocycles. The quantitative estimate of drug-likeness (QED) is 0.730. The van der Waals surface area contributed by atoms with Crippen LogP contribution in [0, 0.1) is 11.8 Å². The van der Waals surface area contributed by atoms with Crippen molar-refractivity contribution in [3.8, 4) is 0 Å². The number of ether oxygens (including phenoxy) is 1. The van der Waals surface area contributed by atoms with E-state index in [1.807, 2.05) is 0 Å². The van der Waals surface area contributed by atoms with E-state index < -0.39 is 21.8 Å². The lowest BCUT2D eigenvalue weighted by Gasteiger charge is -2.30. The molecule has 2 N–H and O–H groups in total. The monoisotopic (exact) mass is 386 g/mol. The highest BCUT2D eigenvalue weighted by atomic mass is 32.2. The van der Waals surface area contributed by atoms with Crippen molar-refractivity contribution in [2.45, 2.75) is 24.4 Å². The Labute approximate surface area is 151 Å². The van der Waals surface area contributed by atoms with Crippen molar-refractivity contribution < 1.29 is 32.3 Å². The number of carboxylic acid groups (broad SMARTS) is 1. The Bertz CT molecular complexity index is 759. The number of aromatic carboxylic acids is 1. The summed E-state index contributed by atoms with van der Waals surface area (Å²) < 4.78 is 36.5. The van der Waals surface area contributed by atoms with Crippen LogP contribution in [-0.2, 0) is 19.6 Å². The number of rotatable bonds is 6. The zero-order chi connectivity index (χ0) is 18.7. The Hall–Kier alpha value is -1.91. The van der Waals surface area contributed by atoms with Gasteiger partial charge < -0.3 is 19.6 Å². The van der Waals surface area contributed by atoms with E-state index in [1.54, 1.807) is 0 Å². The summed E-state index contributed by atoms with van der Waals surface area (Å²) in [4.78, 5) is 23.1. The highest BCUT2D eigenvalue weighted by Gasteiger charge is 2.34. The predicted octanol–water partition coefficient (Wildman–Crippen LogP) is 0.531. The van der Waals surface area contributed by atoms with Gasteiger partial charge in [-0.15, -0.1) is 0 Å². The normalized spacial score (nSPS) is 22.4. The van der Waals surface area contributed by atoms with Gasteiger partial charge in [0.15, 0.2) is 0 Å². The zero-order valence-electron chi connectivity index (χ0n) is 14.2. The molecule has 1 atom stereocenters. The highest BCUT2D eigenvalue weighted by molar-refractivity contribution is 7.89. The molecule has 2 fully saturated rings. The Morgan fingerprint density at radius 2 is 1.96 bits per heavy atom. The fraction of sp³-hybridized carbons (Fsp3) is 0.625. The van der Waals surface area contributed by atoms with Gasteiger partial charge in [0.25, 0.3) is 10.0 Å². The third-order valence-corrected chi connectivity index (χ3v) is 6.57. The number of hydrogen-bond donors (Lipinski definition) is 2. The third-order valence-electron chi connectivity index (χ3n) is 4.80. The van der Waals surface area contributed by atoms with Crippen molar-refractivity contribution >= 4 is 21.9 Å². The summed E-state index contributed by atoms with van der Waals surface area (Å²) in [7, 11) is -3.89. The third kappa shape index (κ3) is 4.08. The van der Waals surface area contributed by atoms with Crippen molar-refractivity contribution in [1.29, 1.82) is 0 Å². The minimum absolute atomic E-state index is 0.0555. The van der Waals surface area contributed by atoms with Crippen LogP contribution in [0.2, 0.25) is 0 Å². The molecule has 1 aromatic rings. The first-order valence-electron chi connectivity index (χ1n) is 8.56. The van der Waals surface area contributed by atoms with Crippen LogP contribution >= 0.6 is 0 Å². The van der Waals surface area contributed by atoms with E-state index in [4.69, 9.17) is 14.3 Å². The van der Waals surface area contributed by atoms with Gasteiger partial charge in [0.05, 0.1) is 6.61 Å². The molecule has 1 amide bonds. The average molecular weight is 386 g/mol. The van der Waals surface area contributed by atoms with Crippen molar-refractivity contribution in [3.63, 3.8) is 0 Å². The number of carbonyl (C=O) groups excluding carboxylic acids is 1. The van der Waals surface area contributed by atoms with Crippen molar-refractivity contribution in [3.05, 3.63) is 17.9 Å². The largest absolute Gasteiger partial charge is 0.475 e. The standard InChI is InChI=1S/C16H22N2O7S/c19-15(17-9-11-5-8-24-10-11)12-3-6-18(7-4-12)26(22,23)14-2-1-13(25-14)16(20)21/h1-2,11-12H,3-10H2,(H,17,19)(H,20,21). The summed E-state index contributed by atoms with van der Waals surface area (Å²) >= 11 is 0. The fourth-order valence-corrected chi connectivity index (χ4v) is 4.57. The lowest BCUT2D eigenvalue weighted by atomic mass is 9.97. The van der Waals surface area contributed by atoms with E-state index in [1.165, 1.54) is 4.31 Å². The number of nitrogens with one attached hydrogen (secondary N) is 1. The first-order chi connectivity index (χ1) is 12.4. The van der Waals surface area contributed by atoms with E-state index in [0.717, 1.165) is 25.2 Å². The summed E-state index contributed by atoms with van der Waals surface area (Å²) in [5.74, 6) is -1.68. The minimum atomic E-state index is -3.89. The maximum absolute atomic E-state index is 12.5. The molecule has 1 unspecified atom stereocenters. The second-order valence-electron chi connectivity index (χ2n) is 6.58. The van der Waals surface area contributed by atoms with Gasteiger partial charge in [-0.25, -0.2) is 13.2 Å². The van der Waals surface area contributed by atoms with Crippen LogP contribution < -0.4 is 5.32 Å². The van der Waals surface area contributed by atoms with E-state index >= 15 is 0 Å². The van der Waals surface area contributed by atoms with Gasteiger partial charge in [0.2, 0.25) is 16.8 Å². The Morgan fingerprint density at radius 3 is 2.54 bits per heavy atom. The smallest absolute Gasteiger partial charge is 0.371 e. The maximum Gasteiger partial charge on any atom is 0.371 e. The molecular weight excluding hydrogens is 364 g/mol. The second kappa shape index (κ2) is 7.77. The van der Waals surface area contributed by atoms with E-state index in [0.29, 0.717) is 31.9 Å². The second-order valence-corrected chi connectivity index (χ2v) is 8.45. The molecule has 26 heavy (non-hydrogen) atoms. The fourth-order valence-electron chi connectivity index (χ4n) is 3.19. The molecule has 0 aromatic carbocycles. The number of amides is 1. The number of carboxylic acids is 1. The SMILES string of the molecule is O=C(O)c1ccc(S(=O)(=O)N2CCC(C(=O)NCC3CCOC3)CC2)o1. The number of furan rings is 1. The molecule has 3 rings (SSSR count). The summed E-state index contributed by atoms with van der Waals surface area (Å²) in [6, 6.07) is 2.25. The van der Waals surface area contributed by atoms with Gasteiger partial charge in [-0.05, 0) is 31.4 Å². The van der Waals surface area contributed by atoms with Crippen LogP contribution in [-0.4, -0.2) is 62.6 Å². The molecular formula is C16H22N2O7S. The van der Waals surface area contributed by atoms with E-state index in [2.05, 4.69) is 5.32 Å². The van der Waals surface area contributed by atoms with Crippen LogP contribution in [0.25, 0.3) is 0 Å². The van der Waals surface area contributed by atoms with E-state index in [-0.39, 0.29) is 30.0 Å². The zero-order valence-corrected chi connectivity index (χ0v) is 15.0. The molecule has 0 radical (unpaired) electrons. The van der Waals surface area contributed by atoms with Crippen molar-refractivity contribution in [2.24, 2.45) is 11.8 Å². The van der Waals surface area contributed by atoms with Gasteiger partial charge in [-0.2, -0.15) is 4.31 Å². The predicted molar refractivity (Wildman–Crippen MR) is 89.1 cm³/mol. The Morgan fingerprint density at radius 1 is 1.23 bits per heavy atom. The molecule has 0 aliphatic carbocycles. The lowest BCUT2D eigenvalue weighted by Crippen LogP contribution is -2.43. The topological polar surface area (TPSA) is 126 Å². The van der Waals surface area contributed by atoms with Crippen LogP contribution in [0.5, 0.6) is 0 Å². The summed E-state index contributed by atoms with van der Waals surface area (Å²) in [5.41, 5.74) is 0. The average Bonchev–Trinajstić information content (AvgIpc) is 3.31. The number of piperidine rings is 1. The number of nitrogens with zero attached hydrogens (tertiary/aromatic N) is 1. The van der Waals surface area contributed by atoms with Gasteiger partial charge in [0, 0.05) is 38.1 Å². The molecule has 2 aliphatic rings. The van der Waals surface area contributed by atoms with Crippen molar-refractivity contribution in [1.82, 2.24) is 9.62 Å². The lowest BCUT2D eigenvalue weighted by molar-refractivity contribution is -0.126. The molecule has 0 spiro atoms. The maximum atomic E-state index is 12.5. The van der Waals surface area contributed by atoms with Crippen LogP contribution in [0.3, 0.4) is 0 Å². The van der Waals surface area contributed by atoms with Crippen molar-refractivity contribution in [2.75, 3.05) is 32.8 Å². The number of hydrogen-bond acceptors (Lipinski definition) is 6. The molecule has 0 saturated carbocycles. The van der Waals surface area contributed by atoms with Gasteiger partial charge in [-0.3, -0.25) is 4.79 Å². The highest BCUT2D eigenvalue weighted by Crippen LogP contribution is 2.25. The Balaban J connectivity index is 1.53. The van der Waals surface area contributed by atoms with Gasteiger partial charge >= 0.3 is 5.97 Å². The number of carbonyl (C=O) groups is 2. The van der Waals surface area contributed by atoms with Crippen LogP contribution in [0.4, 0.5) is 0 Å². The first-order valence-corrected chi connectivity index (χ1v) is 10.0. The van der Waals surface area contributed by atoms with Gasteiger partial charge in [0.1, 0.15) is 0 Å². The molecule has 0 bridgehead atoms.